The van der Waals surface area contributed by atoms with Crippen LogP contribution in [0.4, 0.5) is 0 Å². The zero-order valence-electron chi connectivity index (χ0n) is 14.1. The van der Waals surface area contributed by atoms with Gasteiger partial charge in [-0.25, -0.2) is 4.98 Å². The van der Waals surface area contributed by atoms with Crippen molar-refractivity contribution >= 4 is 23.2 Å². The van der Waals surface area contributed by atoms with Crippen LogP contribution in [0.5, 0.6) is 0 Å². The summed E-state index contributed by atoms with van der Waals surface area (Å²) in [6.07, 6.45) is 4.21. The van der Waals surface area contributed by atoms with Crippen LogP contribution in [0.25, 0.3) is 5.65 Å². The Labute approximate surface area is 152 Å². The maximum absolute atomic E-state index is 13.4. The van der Waals surface area contributed by atoms with Crippen molar-refractivity contribution in [2.24, 2.45) is 5.92 Å². The first-order chi connectivity index (χ1) is 12.1. The molecule has 128 valence electrons. The number of fused-ring (bicyclic) bond motifs is 1. The normalized spacial score (nSPS) is 15.3. The molecule has 0 radical (unpaired) electrons. The van der Waals surface area contributed by atoms with E-state index in [0.29, 0.717) is 17.3 Å². The Morgan fingerprint density at radius 3 is 2.68 bits per heavy atom. The zero-order valence-corrected chi connectivity index (χ0v) is 14.9. The number of carbonyl (C=O) groups is 1. The Hall–Kier alpha value is -2.33. The third-order valence-electron chi connectivity index (χ3n) is 4.85. The molecule has 1 aromatic carbocycles. The minimum Gasteiger partial charge on any atom is -0.330 e. The fraction of sp³-hybridized carbons (Fsp3) is 0.300. The van der Waals surface area contributed by atoms with E-state index in [9.17, 15) is 4.79 Å². The highest BCUT2D eigenvalue weighted by Gasteiger charge is 2.33. The quantitative estimate of drug-likeness (QED) is 0.672. The summed E-state index contributed by atoms with van der Waals surface area (Å²) in [5, 5.41) is 0.261. The van der Waals surface area contributed by atoms with Crippen LogP contribution in [-0.2, 0) is 0 Å². The molecule has 1 fully saturated rings. The third-order valence-corrected chi connectivity index (χ3v) is 5.12. The van der Waals surface area contributed by atoms with Crippen molar-refractivity contribution in [3.8, 4) is 0 Å². The number of aromatic nitrogens is 2. The van der Waals surface area contributed by atoms with E-state index >= 15 is 0 Å². The third kappa shape index (κ3) is 3.14. The summed E-state index contributed by atoms with van der Waals surface area (Å²) < 4.78 is 1.78. The van der Waals surface area contributed by atoms with Gasteiger partial charge >= 0.3 is 0 Å². The van der Waals surface area contributed by atoms with Gasteiger partial charge in [0, 0.05) is 12.7 Å². The molecule has 0 aliphatic heterocycles. The highest BCUT2D eigenvalue weighted by Crippen LogP contribution is 2.34. The number of pyridine rings is 1. The van der Waals surface area contributed by atoms with E-state index in [1.54, 1.807) is 4.40 Å². The maximum Gasteiger partial charge on any atom is 0.274 e. The van der Waals surface area contributed by atoms with Gasteiger partial charge in [-0.3, -0.25) is 9.20 Å². The van der Waals surface area contributed by atoms with E-state index in [1.165, 1.54) is 12.8 Å². The Bertz CT molecular complexity index is 902. The van der Waals surface area contributed by atoms with Crippen LogP contribution in [0.2, 0.25) is 5.15 Å². The van der Waals surface area contributed by atoms with Crippen LogP contribution >= 0.6 is 11.6 Å². The largest absolute Gasteiger partial charge is 0.330 e. The lowest BCUT2D eigenvalue weighted by atomic mass is 10.1. The molecule has 1 saturated carbocycles. The number of carbonyl (C=O) groups excluding carboxylic acids is 1. The lowest BCUT2D eigenvalue weighted by Crippen LogP contribution is -2.36. The SMILES string of the molecule is CC(c1ccccc1)N(CC1CC1)C(=O)c1c(Cl)nc2ccccn12. The molecule has 1 amide bonds. The van der Waals surface area contributed by atoms with Crippen molar-refractivity contribution in [3.05, 3.63) is 71.1 Å². The van der Waals surface area contributed by atoms with Crippen molar-refractivity contribution < 1.29 is 4.79 Å². The highest BCUT2D eigenvalue weighted by atomic mass is 35.5. The molecular weight excluding hydrogens is 334 g/mol. The summed E-state index contributed by atoms with van der Waals surface area (Å²) in [5.41, 5.74) is 2.26. The number of benzene rings is 1. The Balaban J connectivity index is 1.73. The monoisotopic (exact) mass is 353 g/mol. The van der Waals surface area contributed by atoms with E-state index in [1.807, 2.05) is 47.5 Å². The topological polar surface area (TPSA) is 37.6 Å². The Morgan fingerprint density at radius 1 is 1.24 bits per heavy atom. The number of halogens is 1. The van der Waals surface area contributed by atoms with Crippen LogP contribution in [-0.4, -0.2) is 26.7 Å². The molecule has 0 N–H and O–H groups in total. The first-order valence-corrected chi connectivity index (χ1v) is 9.01. The number of imidazole rings is 1. The van der Waals surface area contributed by atoms with E-state index < -0.39 is 0 Å². The molecular formula is C20H20ClN3O. The van der Waals surface area contributed by atoms with Gasteiger partial charge in [-0.1, -0.05) is 48.0 Å². The molecule has 3 aromatic rings. The first kappa shape index (κ1) is 16.2. The number of amides is 1. The average Bonchev–Trinajstić information content (AvgIpc) is 3.39. The number of hydrogen-bond donors (Lipinski definition) is 0. The van der Waals surface area contributed by atoms with Gasteiger partial charge in [0.25, 0.3) is 5.91 Å². The average molecular weight is 354 g/mol. The minimum absolute atomic E-state index is 0.0142. The van der Waals surface area contributed by atoms with Gasteiger partial charge in [-0.2, -0.15) is 0 Å². The molecule has 5 heteroatoms. The first-order valence-electron chi connectivity index (χ1n) is 8.63. The van der Waals surface area contributed by atoms with Crippen LogP contribution in [0, 0.1) is 5.92 Å². The molecule has 2 aromatic heterocycles. The van der Waals surface area contributed by atoms with Crippen molar-refractivity contribution in [2.75, 3.05) is 6.54 Å². The summed E-state index contributed by atoms with van der Waals surface area (Å²) in [4.78, 5) is 19.7. The van der Waals surface area contributed by atoms with Gasteiger partial charge in [0.1, 0.15) is 5.65 Å². The number of hydrogen-bond acceptors (Lipinski definition) is 2. The van der Waals surface area contributed by atoms with Crippen molar-refractivity contribution in [1.82, 2.24) is 14.3 Å². The van der Waals surface area contributed by atoms with Gasteiger partial charge < -0.3 is 4.90 Å². The molecule has 0 spiro atoms. The van der Waals surface area contributed by atoms with E-state index in [0.717, 1.165) is 12.1 Å². The van der Waals surface area contributed by atoms with Crippen LogP contribution in [0.15, 0.2) is 54.7 Å². The van der Waals surface area contributed by atoms with Gasteiger partial charge in [-0.15, -0.1) is 0 Å². The fourth-order valence-electron chi connectivity index (χ4n) is 3.20. The second-order valence-corrected chi connectivity index (χ2v) is 7.03. The minimum atomic E-state index is -0.0630. The van der Waals surface area contributed by atoms with Gasteiger partial charge in [0.2, 0.25) is 0 Å². The molecule has 4 rings (SSSR count). The highest BCUT2D eigenvalue weighted by molar-refractivity contribution is 6.32. The molecule has 0 bridgehead atoms. The summed E-state index contributed by atoms with van der Waals surface area (Å²) in [5.74, 6) is 0.528. The zero-order chi connectivity index (χ0) is 17.4. The van der Waals surface area contributed by atoms with Gasteiger partial charge in [0.15, 0.2) is 10.8 Å². The lowest BCUT2D eigenvalue weighted by Gasteiger charge is -2.29. The summed E-state index contributed by atoms with van der Waals surface area (Å²) in [6.45, 7) is 2.83. The second kappa shape index (κ2) is 6.52. The smallest absolute Gasteiger partial charge is 0.274 e. The standard InChI is InChI=1S/C20H20ClN3O/c1-14(16-7-3-2-4-8-16)24(13-15-10-11-15)20(25)18-19(21)22-17-9-5-6-12-23(17)18/h2-9,12,14-15H,10-11,13H2,1H3. The Morgan fingerprint density at radius 2 is 1.96 bits per heavy atom. The van der Waals surface area contributed by atoms with Gasteiger partial charge in [0.05, 0.1) is 6.04 Å². The lowest BCUT2D eigenvalue weighted by molar-refractivity contribution is 0.0673. The number of rotatable bonds is 5. The molecule has 25 heavy (non-hydrogen) atoms. The maximum atomic E-state index is 13.4. The van der Waals surface area contributed by atoms with Crippen LogP contribution in [0.3, 0.4) is 0 Å². The molecule has 1 unspecified atom stereocenters. The van der Waals surface area contributed by atoms with Crippen LogP contribution in [0.1, 0.15) is 41.9 Å². The van der Waals surface area contributed by atoms with E-state index in [2.05, 4.69) is 24.0 Å². The summed E-state index contributed by atoms with van der Waals surface area (Å²) in [6, 6.07) is 15.7. The van der Waals surface area contributed by atoms with Crippen LogP contribution < -0.4 is 0 Å². The number of nitrogens with zero attached hydrogens (tertiary/aromatic N) is 3. The summed E-state index contributed by atoms with van der Waals surface area (Å²) >= 11 is 6.33. The molecule has 1 aliphatic carbocycles. The molecule has 0 saturated heterocycles. The fourth-order valence-corrected chi connectivity index (χ4v) is 3.46. The van der Waals surface area contributed by atoms with E-state index in [-0.39, 0.29) is 17.1 Å². The molecule has 1 atom stereocenters. The Kier molecular flexibility index (Phi) is 4.22. The summed E-state index contributed by atoms with van der Waals surface area (Å²) in [7, 11) is 0. The second-order valence-electron chi connectivity index (χ2n) is 6.67. The predicted octanol–water partition coefficient (Wildman–Crippen LogP) is 4.60. The van der Waals surface area contributed by atoms with Crippen molar-refractivity contribution in [1.29, 1.82) is 0 Å². The van der Waals surface area contributed by atoms with Gasteiger partial charge in [-0.05, 0) is 43.4 Å². The molecule has 2 heterocycles. The molecule has 4 nitrogen and oxygen atoms in total. The van der Waals surface area contributed by atoms with Crippen molar-refractivity contribution in [3.63, 3.8) is 0 Å². The van der Waals surface area contributed by atoms with E-state index in [4.69, 9.17) is 11.6 Å². The molecule has 1 aliphatic rings. The predicted molar refractivity (Wildman–Crippen MR) is 98.8 cm³/mol. The van der Waals surface area contributed by atoms with Crippen molar-refractivity contribution in [2.45, 2.75) is 25.8 Å².